The number of esters is 1. The molecule has 0 aromatic heterocycles. The summed E-state index contributed by atoms with van der Waals surface area (Å²) in [5.74, 6) is 0.0362. The van der Waals surface area contributed by atoms with Gasteiger partial charge in [0.15, 0.2) is 0 Å². The van der Waals surface area contributed by atoms with Crippen LogP contribution in [-0.4, -0.2) is 49.9 Å². The van der Waals surface area contributed by atoms with Crippen LogP contribution in [0.25, 0.3) is 0 Å². The molecule has 2 rings (SSSR count). The van der Waals surface area contributed by atoms with E-state index in [1.807, 2.05) is 11.8 Å². The lowest BCUT2D eigenvalue weighted by Crippen LogP contribution is -2.32. The zero-order valence-corrected chi connectivity index (χ0v) is 12.7. The van der Waals surface area contributed by atoms with E-state index < -0.39 is 0 Å². The molecule has 19 heavy (non-hydrogen) atoms. The van der Waals surface area contributed by atoms with Gasteiger partial charge in [0.2, 0.25) is 0 Å². The minimum absolute atomic E-state index is 0.0567. The number of hydrogen-bond donors (Lipinski definition) is 1. The Balaban J connectivity index is 1.62. The minimum Gasteiger partial charge on any atom is -0.469 e. The van der Waals surface area contributed by atoms with Crippen LogP contribution in [0.15, 0.2) is 0 Å². The number of ether oxygens (including phenoxy) is 2. The second-order valence-corrected chi connectivity index (χ2v) is 6.67. The molecule has 1 heterocycles. The first-order valence-corrected chi connectivity index (χ1v) is 8.47. The second kappa shape index (κ2) is 7.50. The van der Waals surface area contributed by atoms with E-state index in [4.69, 9.17) is 9.47 Å². The average Bonchev–Trinajstić information content (AvgIpc) is 2.93. The summed E-state index contributed by atoms with van der Waals surface area (Å²) in [4.78, 5) is 11.4. The van der Waals surface area contributed by atoms with Gasteiger partial charge >= 0.3 is 5.97 Å². The van der Waals surface area contributed by atoms with Crippen LogP contribution in [-0.2, 0) is 14.3 Å². The lowest BCUT2D eigenvalue weighted by Gasteiger charge is -2.27. The SMILES string of the molecule is COC(=O)C1CCC(OC[C@@H]2C[C@H](SC)CN2)CC1. The van der Waals surface area contributed by atoms with Crippen LogP contribution in [0.4, 0.5) is 0 Å². The van der Waals surface area contributed by atoms with Crippen molar-refractivity contribution in [3.05, 3.63) is 0 Å². The summed E-state index contributed by atoms with van der Waals surface area (Å²) < 4.78 is 10.8. The molecular formula is C14H25NO3S. The molecule has 0 radical (unpaired) electrons. The first-order valence-electron chi connectivity index (χ1n) is 7.18. The number of rotatable bonds is 5. The lowest BCUT2D eigenvalue weighted by atomic mass is 9.87. The van der Waals surface area contributed by atoms with E-state index in [2.05, 4.69) is 11.6 Å². The molecule has 2 fully saturated rings. The van der Waals surface area contributed by atoms with E-state index in [-0.39, 0.29) is 11.9 Å². The van der Waals surface area contributed by atoms with Crippen LogP contribution < -0.4 is 5.32 Å². The van der Waals surface area contributed by atoms with Crippen molar-refractivity contribution in [2.75, 3.05) is 26.5 Å². The van der Waals surface area contributed by atoms with Gasteiger partial charge in [-0.25, -0.2) is 0 Å². The van der Waals surface area contributed by atoms with Gasteiger partial charge in [0, 0.05) is 17.8 Å². The highest BCUT2D eigenvalue weighted by molar-refractivity contribution is 7.99. The number of carbonyl (C=O) groups is 1. The highest BCUT2D eigenvalue weighted by atomic mass is 32.2. The Morgan fingerprint density at radius 3 is 2.63 bits per heavy atom. The normalized spacial score (nSPS) is 35.3. The van der Waals surface area contributed by atoms with Gasteiger partial charge < -0.3 is 14.8 Å². The number of nitrogens with one attached hydrogen (secondary N) is 1. The Kier molecular flexibility index (Phi) is 5.98. The number of methoxy groups -OCH3 is 1. The van der Waals surface area contributed by atoms with Crippen molar-refractivity contribution in [3.8, 4) is 0 Å². The van der Waals surface area contributed by atoms with Crippen LogP contribution in [0.1, 0.15) is 32.1 Å². The number of thioether (sulfide) groups is 1. The maximum absolute atomic E-state index is 11.4. The first kappa shape index (κ1) is 15.1. The summed E-state index contributed by atoms with van der Waals surface area (Å²) in [5, 5.41) is 4.25. The van der Waals surface area contributed by atoms with Gasteiger partial charge in [0.25, 0.3) is 0 Å². The van der Waals surface area contributed by atoms with Gasteiger partial charge in [-0.15, -0.1) is 0 Å². The van der Waals surface area contributed by atoms with Gasteiger partial charge in [-0.1, -0.05) is 0 Å². The van der Waals surface area contributed by atoms with Crippen LogP contribution in [0.5, 0.6) is 0 Å². The van der Waals surface area contributed by atoms with E-state index in [0.717, 1.165) is 44.1 Å². The molecule has 1 saturated heterocycles. The van der Waals surface area contributed by atoms with Crippen LogP contribution >= 0.6 is 11.8 Å². The summed E-state index contributed by atoms with van der Waals surface area (Å²) in [6.45, 7) is 1.91. The van der Waals surface area contributed by atoms with Crippen molar-refractivity contribution >= 4 is 17.7 Å². The fourth-order valence-corrected chi connectivity index (χ4v) is 3.66. The van der Waals surface area contributed by atoms with Gasteiger partial charge in [-0.05, 0) is 38.4 Å². The molecule has 1 N–H and O–H groups in total. The summed E-state index contributed by atoms with van der Waals surface area (Å²) in [6.07, 6.45) is 7.49. The molecule has 4 nitrogen and oxygen atoms in total. The second-order valence-electron chi connectivity index (χ2n) is 5.53. The molecule has 0 spiro atoms. The molecule has 0 unspecified atom stereocenters. The Morgan fingerprint density at radius 2 is 2.05 bits per heavy atom. The predicted octanol–water partition coefficient (Wildman–Crippen LogP) is 1.83. The van der Waals surface area contributed by atoms with Crippen LogP contribution in [0.3, 0.4) is 0 Å². The maximum atomic E-state index is 11.4. The fraction of sp³-hybridized carbons (Fsp3) is 0.929. The third kappa shape index (κ3) is 4.36. The van der Waals surface area contributed by atoms with Gasteiger partial charge in [-0.3, -0.25) is 4.79 Å². The third-order valence-corrected chi connectivity index (χ3v) is 5.28. The van der Waals surface area contributed by atoms with Gasteiger partial charge in [-0.2, -0.15) is 11.8 Å². The Morgan fingerprint density at radius 1 is 1.32 bits per heavy atom. The maximum Gasteiger partial charge on any atom is 0.308 e. The fourth-order valence-electron chi connectivity index (χ4n) is 2.97. The zero-order valence-electron chi connectivity index (χ0n) is 11.9. The third-order valence-electron chi connectivity index (χ3n) is 4.26. The topological polar surface area (TPSA) is 47.6 Å². The molecule has 1 saturated carbocycles. The van der Waals surface area contributed by atoms with E-state index in [1.165, 1.54) is 13.5 Å². The molecule has 0 aromatic carbocycles. The monoisotopic (exact) mass is 287 g/mol. The molecule has 2 atom stereocenters. The summed E-state index contributed by atoms with van der Waals surface area (Å²) >= 11 is 1.93. The van der Waals surface area contributed by atoms with Gasteiger partial charge in [0.1, 0.15) is 0 Å². The van der Waals surface area contributed by atoms with Crippen molar-refractivity contribution < 1.29 is 14.3 Å². The largest absolute Gasteiger partial charge is 0.469 e. The molecule has 1 aliphatic carbocycles. The van der Waals surface area contributed by atoms with Gasteiger partial charge in [0.05, 0.1) is 25.7 Å². The standard InChI is InChI=1S/C14H25NO3S/c1-17-14(16)10-3-5-12(6-4-10)18-9-11-7-13(19-2)8-15-11/h10-13,15H,3-9H2,1-2H3/t10?,11-,12?,13-/m0/s1. The Hall–Kier alpha value is -0.260. The Bertz CT molecular complexity index is 292. The highest BCUT2D eigenvalue weighted by Crippen LogP contribution is 2.27. The van der Waals surface area contributed by atoms with Crippen molar-refractivity contribution in [3.63, 3.8) is 0 Å². The van der Waals surface area contributed by atoms with E-state index in [0.29, 0.717) is 12.1 Å². The molecule has 0 aromatic rings. The molecule has 5 heteroatoms. The molecule has 2 aliphatic rings. The summed E-state index contributed by atoms with van der Waals surface area (Å²) in [6, 6.07) is 0.510. The van der Waals surface area contributed by atoms with Crippen molar-refractivity contribution in [1.82, 2.24) is 5.32 Å². The quantitative estimate of drug-likeness (QED) is 0.782. The van der Waals surface area contributed by atoms with E-state index in [1.54, 1.807) is 0 Å². The highest BCUT2D eigenvalue weighted by Gasteiger charge is 2.29. The summed E-state index contributed by atoms with van der Waals surface area (Å²) in [5.41, 5.74) is 0. The zero-order chi connectivity index (χ0) is 13.7. The molecule has 1 aliphatic heterocycles. The first-order chi connectivity index (χ1) is 9.22. The average molecular weight is 287 g/mol. The molecular weight excluding hydrogens is 262 g/mol. The lowest BCUT2D eigenvalue weighted by molar-refractivity contribution is -0.147. The molecule has 0 amide bonds. The number of hydrogen-bond acceptors (Lipinski definition) is 5. The molecule has 110 valence electrons. The predicted molar refractivity (Wildman–Crippen MR) is 77.4 cm³/mol. The van der Waals surface area contributed by atoms with Crippen molar-refractivity contribution in [1.29, 1.82) is 0 Å². The number of carbonyl (C=O) groups excluding carboxylic acids is 1. The van der Waals surface area contributed by atoms with E-state index in [9.17, 15) is 4.79 Å². The summed E-state index contributed by atoms with van der Waals surface area (Å²) in [7, 11) is 1.47. The van der Waals surface area contributed by atoms with Crippen molar-refractivity contribution in [2.45, 2.75) is 49.5 Å². The Labute approximate surface area is 120 Å². The minimum atomic E-state index is -0.0567. The van der Waals surface area contributed by atoms with Crippen LogP contribution in [0.2, 0.25) is 0 Å². The van der Waals surface area contributed by atoms with Crippen molar-refractivity contribution in [2.24, 2.45) is 5.92 Å². The molecule has 0 bridgehead atoms. The van der Waals surface area contributed by atoms with E-state index >= 15 is 0 Å². The van der Waals surface area contributed by atoms with Crippen LogP contribution in [0, 0.1) is 5.92 Å². The smallest absolute Gasteiger partial charge is 0.308 e.